The average molecular weight is 474 g/mol. The van der Waals surface area contributed by atoms with Gasteiger partial charge in [-0.2, -0.15) is 0 Å². The Balaban J connectivity index is 0.00000338. The molecule has 0 radical (unpaired) electrons. The first-order chi connectivity index (χ1) is 11.9. The van der Waals surface area contributed by atoms with Gasteiger partial charge in [0.15, 0.2) is 5.96 Å². The number of ether oxygens (including phenoxy) is 1. The van der Waals surface area contributed by atoms with Crippen molar-refractivity contribution in [1.29, 1.82) is 0 Å². The summed E-state index contributed by atoms with van der Waals surface area (Å²) in [5.41, 5.74) is 1.49. The first-order valence-electron chi connectivity index (χ1n) is 9.15. The third kappa shape index (κ3) is 6.09. The Morgan fingerprint density at radius 3 is 2.31 bits per heavy atom. The highest BCUT2D eigenvalue weighted by atomic mass is 127. The smallest absolute Gasteiger partial charge is 0.191 e. The van der Waals surface area contributed by atoms with Crippen molar-refractivity contribution in [2.75, 3.05) is 47.4 Å². The average Bonchev–Trinajstić information content (AvgIpc) is 2.63. The number of hydrogen-bond acceptors (Lipinski definition) is 3. The molecule has 1 heterocycles. The van der Waals surface area contributed by atoms with Crippen molar-refractivity contribution >= 4 is 29.9 Å². The maximum atomic E-state index is 5.55. The first-order valence-corrected chi connectivity index (χ1v) is 9.15. The molecule has 1 aliphatic rings. The van der Waals surface area contributed by atoms with Crippen LogP contribution in [-0.2, 0) is 10.2 Å². The van der Waals surface area contributed by atoms with Crippen molar-refractivity contribution in [3.8, 4) is 0 Å². The van der Waals surface area contributed by atoms with Crippen LogP contribution in [0, 0.1) is 0 Å². The molecule has 0 spiro atoms. The lowest BCUT2D eigenvalue weighted by Gasteiger charge is -2.43. The fourth-order valence-corrected chi connectivity index (χ4v) is 3.30. The Bertz CT molecular complexity index is 554. The van der Waals surface area contributed by atoms with E-state index in [2.05, 4.69) is 78.8 Å². The zero-order chi connectivity index (χ0) is 18.3. The fraction of sp³-hybridized carbons (Fsp3) is 0.650. The Labute approximate surface area is 176 Å². The van der Waals surface area contributed by atoms with Crippen LogP contribution < -0.4 is 10.6 Å². The van der Waals surface area contributed by atoms with E-state index in [9.17, 15) is 0 Å². The van der Waals surface area contributed by atoms with Gasteiger partial charge in [0.25, 0.3) is 0 Å². The van der Waals surface area contributed by atoms with E-state index in [0.29, 0.717) is 0 Å². The van der Waals surface area contributed by atoms with Crippen molar-refractivity contribution in [3.63, 3.8) is 0 Å². The van der Waals surface area contributed by atoms with Gasteiger partial charge in [0.2, 0.25) is 0 Å². The van der Waals surface area contributed by atoms with E-state index in [-0.39, 0.29) is 34.9 Å². The quantitative estimate of drug-likeness (QED) is 0.378. The van der Waals surface area contributed by atoms with Gasteiger partial charge in [-0.25, -0.2) is 0 Å². The second-order valence-electron chi connectivity index (χ2n) is 7.76. The monoisotopic (exact) mass is 474 g/mol. The molecule has 0 bridgehead atoms. The molecule has 0 saturated carbocycles. The fourth-order valence-electron chi connectivity index (χ4n) is 3.30. The highest BCUT2D eigenvalue weighted by Gasteiger charge is 2.35. The van der Waals surface area contributed by atoms with Crippen LogP contribution in [0.2, 0.25) is 0 Å². The molecule has 26 heavy (non-hydrogen) atoms. The molecule has 2 N–H and O–H groups in total. The van der Waals surface area contributed by atoms with Crippen LogP contribution >= 0.6 is 24.0 Å². The molecule has 0 amide bonds. The van der Waals surface area contributed by atoms with E-state index in [0.717, 1.165) is 45.1 Å². The van der Waals surface area contributed by atoms with Gasteiger partial charge in [0, 0.05) is 44.3 Å². The van der Waals surface area contributed by atoms with Gasteiger partial charge in [-0.1, -0.05) is 44.2 Å². The molecule has 0 atom stereocenters. The zero-order valence-corrected chi connectivity index (χ0v) is 19.2. The lowest BCUT2D eigenvalue weighted by atomic mass is 9.85. The molecule has 5 nitrogen and oxygen atoms in total. The SMILES string of the molecule is CN=C(NCC(C)(C)c1ccccc1)NCC1(N(C)C)CCOCC1.I. The molecule has 0 aromatic heterocycles. The Morgan fingerprint density at radius 1 is 1.15 bits per heavy atom. The van der Waals surface area contributed by atoms with Gasteiger partial charge in [-0.15, -0.1) is 24.0 Å². The van der Waals surface area contributed by atoms with Gasteiger partial charge >= 0.3 is 0 Å². The second-order valence-corrected chi connectivity index (χ2v) is 7.76. The highest BCUT2D eigenvalue weighted by molar-refractivity contribution is 14.0. The molecule has 148 valence electrons. The van der Waals surface area contributed by atoms with Crippen LogP contribution in [0.5, 0.6) is 0 Å². The number of nitrogens with one attached hydrogen (secondary N) is 2. The number of likely N-dealkylation sites (N-methyl/N-ethyl adjacent to an activating group) is 1. The van der Waals surface area contributed by atoms with Gasteiger partial charge in [0.1, 0.15) is 0 Å². The topological polar surface area (TPSA) is 48.9 Å². The number of guanidine groups is 1. The van der Waals surface area contributed by atoms with Crippen LogP contribution in [-0.4, -0.2) is 63.8 Å². The number of benzene rings is 1. The molecular formula is C20H35IN4O. The van der Waals surface area contributed by atoms with E-state index < -0.39 is 0 Å². The maximum absolute atomic E-state index is 5.55. The minimum absolute atomic E-state index is 0. The normalized spacial score (nSPS) is 17.5. The third-order valence-electron chi connectivity index (χ3n) is 5.43. The van der Waals surface area contributed by atoms with E-state index in [1.54, 1.807) is 0 Å². The standard InChI is InChI=1S/C20H34N4O.HI/c1-19(2,17-9-7-6-8-10-17)15-22-18(21-3)23-16-20(24(4)5)11-13-25-14-12-20;/h6-10H,11-16H2,1-5H3,(H2,21,22,23);1H. The molecule has 1 aliphatic heterocycles. The van der Waals surface area contributed by atoms with Crippen molar-refractivity contribution in [1.82, 2.24) is 15.5 Å². The number of aliphatic imine (C=N–C) groups is 1. The molecule has 1 aromatic carbocycles. The predicted octanol–water partition coefficient (Wildman–Crippen LogP) is 2.86. The van der Waals surface area contributed by atoms with E-state index >= 15 is 0 Å². The molecule has 0 aliphatic carbocycles. The molecule has 2 rings (SSSR count). The predicted molar refractivity (Wildman–Crippen MR) is 121 cm³/mol. The van der Waals surface area contributed by atoms with Crippen molar-refractivity contribution in [2.45, 2.75) is 37.6 Å². The van der Waals surface area contributed by atoms with Crippen LogP contribution in [0.3, 0.4) is 0 Å². The summed E-state index contributed by atoms with van der Waals surface area (Å²) in [6.07, 6.45) is 2.08. The number of nitrogens with zero attached hydrogens (tertiary/aromatic N) is 2. The summed E-state index contributed by atoms with van der Waals surface area (Å²) in [6, 6.07) is 10.6. The minimum Gasteiger partial charge on any atom is -0.381 e. The van der Waals surface area contributed by atoms with Gasteiger partial charge < -0.3 is 20.3 Å². The molecule has 1 fully saturated rings. The summed E-state index contributed by atoms with van der Waals surface area (Å²) in [5.74, 6) is 0.858. The lowest BCUT2D eigenvalue weighted by Crippen LogP contribution is -2.57. The Morgan fingerprint density at radius 2 is 1.77 bits per heavy atom. The number of rotatable bonds is 6. The molecule has 0 unspecified atom stereocenters. The summed E-state index contributed by atoms with van der Waals surface area (Å²) in [5, 5.41) is 7.02. The van der Waals surface area contributed by atoms with E-state index in [1.807, 2.05) is 7.05 Å². The van der Waals surface area contributed by atoms with Crippen LogP contribution in [0.15, 0.2) is 35.3 Å². The van der Waals surface area contributed by atoms with Crippen molar-refractivity contribution in [2.24, 2.45) is 4.99 Å². The molecular weight excluding hydrogens is 439 g/mol. The van der Waals surface area contributed by atoms with E-state index in [4.69, 9.17) is 4.74 Å². The van der Waals surface area contributed by atoms with Gasteiger partial charge in [0.05, 0.1) is 0 Å². The summed E-state index contributed by atoms with van der Waals surface area (Å²) in [6.45, 7) is 7.86. The Kier molecular flexibility index (Phi) is 9.33. The molecule has 1 aromatic rings. The summed E-state index contributed by atoms with van der Waals surface area (Å²) in [7, 11) is 6.14. The van der Waals surface area contributed by atoms with Crippen LogP contribution in [0.1, 0.15) is 32.3 Å². The van der Waals surface area contributed by atoms with E-state index in [1.165, 1.54) is 5.56 Å². The first kappa shape index (κ1) is 23.2. The van der Waals surface area contributed by atoms with Crippen molar-refractivity contribution in [3.05, 3.63) is 35.9 Å². The lowest BCUT2D eigenvalue weighted by molar-refractivity contribution is -0.00501. The highest BCUT2D eigenvalue weighted by Crippen LogP contribution is 2.25. The molecule has 6 heteroatoms. The van der Waals surface area contributed by atoms with Crippen LogP contribution in [0.4, 0.5) is 0 Å². The third-order valence-corrected chi connectivity index (χ3v) is 5.43. The second kappa shape index (κ2) is 10.5. The summed E-state index contributed by atoms with van der Waals surface area (Å²) < 4.78 is 5.55. The van der Waals surface area contributed by atoms with Crippen molar-refractivity contribution < 1.29 is 4.74 Å². The molecule has 1 saturated heterocycles. The summed E-state index contributed by atoms with van der Waals surface area (Å²) in [4.78, 5) is 6.73. The largest absolute Gasteiger partial charge is 0.381 e. The van der Waals surface area contributed by atoms with Gasteiger partial charge in [-0.05, 0) is 32.5 Å². The van der Waals surface area contributed by atoms with Crippen LogP contribution in [0.25, 0.3) is 0 Å². The number of hydrogen-bond donors (Lipinski definition) is 2. The Hall–Kier alpha value is -0.860. The minimum atomic E-state index is 0. The zero-order valence-electron chi connectivity index (χ0n) is 16.8. The number of halogens is 1. The maximum Gasteiger partial charge on any atom is 0.191 e. The summed E-state index contributed by atoms with van der Waals surface area (Å²) >= 11 is 0. The van der Waals surface area contributed by atoms with Gasteiger partial charge in [-0.3, -0.25) is 4.99 Å².